The Hall–Kier alpha value is -1.64. The number of anilines is 1. The molecule has 0 aliphatic carbocycles. The normalized spacial score (nSPS) is 20.4. The number of rotatable bonds is 1. The molecule has 1 amide bonds. The lowest BCUT2D eigenvalue weighted by Gasteiger charge is -2.29. The van der Waals surface area contributed by atoms with Crippen molar-refractivity contribution in [2.75, 3.05) is 11.9 Å². The molecule has 0 N–H and O–H groups in total. The van der Waals surface area contributed by atoms with Gasteiger partial charge >= 0.3 is 0 Å². The molecule has 1 atom stereocenters. The van der Waals surface area contributed by atoms with Crippen molar-refractivity contribution in [2.24, 2.45) is 5.92 Å². The summed E-state index contributed by atoms with van der Waals surface area (Å²) in [5.41, 5.74) is 1.38. The fraction of sp³-hybridized carbons (Fsp3) is 0.333. The van der Waals surface area contributed by atoms with E-state index in [1.165, 1.54) is 0 Å². The summed E-state index contributed by atoms with van der Waals surface area (Å²) >= 11 is 0. The maximum Gasteiger partial charge on any atom is 0.237 e. The van der Waals surface area contributed by atoms with E-state index in [0.29, 0.717) is 12.0 Å². The van der Waals surface area contributed by atoms with E-state index in [2.05, 4.69) is 0 Å². The molecule has 1 aliphatic rings. The quantitative estimate of drug-likeness (QED) is 0.653. The molecule has 1 aromatic rings. The van der Waals surface area contributed by atoms with E-state index in [1.807, 2.05) is 19.1 Å². The first-order chi connectivity index (χ1) is 7.16. The molecule has 0 saturated heterocycles. The van der Waals surface area contributed by atoms with Crippen molar-refractivity contribution < 1.29 is 9.59 Å². The topological polar surface area (TPSA) is 37.4 Å². The number of benzene rings is 1. The Morgan fingerprint density at radius 2 is 1.93 bits per heavy atom. The number of fused-ring (bicyclic) bond motifs is 1. The summed E-state index contributed by atoms with van der Waals surface area (Å²) in [7, 11) is 1.72. The maximum atomic E-state index is 12.0. The van der Waals surface area contributed by atoms with Gasteiger partial charge in [0.1, 0.15) is 5.92 Å². The van der Waals surface area contributed by atoms with E-state index < -0.39 is 5.92 Å². The van der Waals surface area contributed by atoms with Gasteiger partial charge in [0.15, 0.2) is 5.78 Å². The Labute approximate surface area is 88.7 Å². The lowest BCUT2D eigenvalue weighted by Crippen LogP contribution is -2.42. The number of amides is 1. The summed E-state index contributed by atoms with van der Waals surface area (Å²) in [5, 5.41) is 0. The zero-order chi connectivity index (χ0) is 11.0. The predicted octanol–water partition coefficient (Wildman–Crippen LogP) is 1.87. The van der Waals surface area contributed by atoms with Crippen LogP contribution in [0.1, 0.15) is 23.7 Å². The van der Waals surface area contributed by atoms with Crippen molar-refractivity contribution in [1.82, 2.24) is 0 Å². The van der Waals surface area contributed by atoms with Gasteiger partial charge in [-0.2, -0.15) is 0 Å². The van der Waals surface area contributed by atoms with Gasteiger partial charge in [0.05, 0.1) is 5.69 Å². The van der Waals surface area contributed by atoms with Gasteiger partial charge in [0.2, 0.25) is 5.91 Å². The number of hydrogen-bond acceptors (Lipinski definition) is 2. The van der Waals surface area contributed by atoms with Crippen LogP contribution in [0.3, 0.4) is 0 Å². The second-order valence-corrected chi connectivity index (χ2v) is 3.74. The van der Waals surface area contributed by atoms with Crippen molar-refractivity contribution in [2.45, 2.75) is 13.3 Å². The van der Waals surface area contributed by atoms with Gasteiger partial charge in [0.25, 0.3) is 0 Å². The Kier molecular flexibility index (Phi) is 2.31. The third-order valence-corrected chi connectivity index (χ3v) is 2.88. The van der Waals surface area contributed by atoms with Crippen molar-refractivity contribution in [3.63, 3.8) is 0 Å². The van der Waals surface area contributed by atoms with Crippen LogP contribution in [0.5, 0.6) is 0 Å². The van der Waals surface area contributed by atoms with Crippen LogP contribution in [0.15, 0.2) is 24.3 Å². The zero-order valence-electron chi connectivity index (χ0n) is 8.86. The minimum absolute atomic E-state index is 0.0452. The molecule has 0 fully saturated rings. The second-order valence-electron chi connectivity index (χ2n) is 3.74. The number of para-hydroxylation sites is 1. The van der Waals surface area contributed by atoms with E-state index in [9.17, 15) is 9.59 Å². The minimum atomic E-state index is -0.495. The largest absolute Gasteiger partial charge is 0.314 e. The third kappa shape index (κ3) is 1.35. The van der Waals surface area contributed by atoms with Crippen molar-refractivity contribution in [1.29, 1.82) is 0 Å². The van der Waals surface area contributed by atoms with E-state index in [-0.39, 0.29) is 11.7 Å². The highest BCUT2D eigenvalue weighted by atomic mass is 16.2. The van der Waals surface area contributed by atoms with Gasteiger partial charge in [-0.3, -0.25) is 9.59 Å². The van der Waals surface area contributed by atoms with E-state index in [4.69, 9.17) is 0 Å². The summed E-state index contributed by atoms with van der Waals surface area (Å²) in [5.74, 6) is -0.637. The van der Waals surface area contributed by atoms with Crippen LogP contribution in [0.25, 0.3) is 0 Å². The van der Waals surface area contributed by atoms with Crippen LogP contribution in [-0.2, 0) is 4.79 Å². The summed E-state index contributed by atoms with van der Waals surface area (Å²) in [6.07, 6.45) is 0.566. The molecule has 0 bridgehead atoms. The molecule has 0 unspecified atom stereocenters. The monoisotopic (exact) mass is 203 g/mol. The van der Waals surface area contributed by atoms with Crippen LogP contribution < -0.4 is 4.90 Å². The third-order valence-electron chi connectivity index (χ3n) is 2.88. The summed E-state index contributed by atoms with van der Waals surface area (Å²) in [6, 6.07) is 7.25. The van der Waals surface area contributed by atoms with Crippen LogP contribution >= 0.6 is 0 Å². The molecular formula is C12H13NO2. The Balaban J connectivity index is 2.57. The maximum absolute atomic E-state index is 12.0. The van der Waals surface area contributed by atoms with Gasteiger partial charge < -0.3 is 4.90 Å². The number of carbonyl (C=O) groups is 2. The minimum Gasteiger partial charge on any atom is -0.314 e. The first-order valence-corrected chi connectivity index (χ1v) is 5.07. The number of ketones is 1. The molecule has 2 rings (SSSR count). The van der Waals surface area contributed by atoms with E-state index in [1.54, 1.807) is 24.1 Å². The zero-order valence-corrected chi connectivity index (χ0v) is 8.86. The number of nitrogens with zero attached hydrogens (tertiary/aromatic N) is 1. The first kappa shape index (κ1) is 9.90. The number of Topliss-reactive ketones (excluding diaryl/α,β-unsaturated/α-hetero) is 1. The fourth-order valence-corrected chi connectivity index (χ4v) is 1.99. The lowest BCUT2D eigenvalue weighted by molar-refractivity contribution is -0.121. The average Bonchev–Trinajstić information content (AvgIpc) is 2.27. The van der Waals surface area contributed by atoms with E-state index >= 15 is 0 Å². The lowest BCUT2D eigenvalue weighted by atomic mass is 9.89. The Bertz CT molecular complexity index is 425. The summed E-state index contributed by atoms with van der Waals surface area (Å²) in [4.78, 5) is 25.4. The van der Waals surface area contributed by atoms with Gasteiger partial charge in [-0.05, 0) is 18.6 Å². The Morgan fingerprint density at radius 3 is 2.60 bits per heavy atom. The molecule has 0 saturated carbocycles. The van der Waals surface area contributed by atoms with Crippen molar-refractivity contribution in [3.8, 4) is 0 Å². The molecular weight excluding hydrogens is 190 g/mol. The smallest absolute Gasteiger partial charge is 0.237 e. The summed E-state index contributed by atoms with van der Waals surface area (Å²) in [6.45, 7) is 1.86. The summed E-state index contributed by atoms with van der Waals surface area (Å²) < 4.78 is 0. The molecule has 1 heterocycles. The van der Waals surface area contributed by atoms with Gasteiger partial charge in [-0.1, -0.05) is 19.1 Å². The predicted molar refractivity (Wildman–Crippen MR) is 58.0 cm³/mol. The molecule has 78 valence electrons. The SMILES string of the molecule is CC[C@H]1C(=O)c2ccccc2N(C)C1=O. The average molecular weight is 203 g/mol. The van der Waals surface area contributed by atoms with Gasteiger partial charge in [0, 0.05) is 12.6 Å². The van der Waals surface area contributed by atoms with Gasteiger partial charge in [-0.25, -0.2) is 0 Å². The van der Waals surface area contributed by atoms with Crippen molar-refractivity contribution in [3.05, 3.63) is 29.8 Å². The fourth-order valence-electron chi connectivity index (χ4n) is 1.99. The molecule has 3 heteroatoms. The number of hydrogen-bond donors (Lipinski definition) is 0. The molecule has 1 aromatic carbocycles. The molecule has 0 radical (unpaired) electrons. The standard InChI is InChI=1S/C12H13NO2/c1-3-8-11(14)9-6-4-5-7-10(9)13(2)12(8)15/h4-8H,3H2,1-2H3/t8-/m0/s1. The van der Waals surface area contributed by atoms with Crippen molar-refractivity contribution >= 4 is 17.4 Å². The number of carbonyl (C=O) groups excluding carboxylic acids is 2. The molecule has 1 aliphatic heterocycles. The second kappa shape index (κ2) is 3.50. The van der Waals surface area contributed by atoms with Crippen LogP contribution in [-0.4, -0.2) is 18.7 Å². The van der Waals surface area contributed by atoms with E-state index in [0.717, 1.165) is 5.69 Å². The molecule has 0 spiro atoms. The molecule has 0 aromatic heterocycles. The first-order valence-electron chi connectivity index (χ1n) is 5.07. The van der Waals surface area contributed by atoms with Crippen LogP contribution in [0.2, 0.25) is 0 Å². The van der Waals surface area contributed by atoms with Crippen LogP contribution in [0, 0.1) is 5.92 Å². The van der Waals surface area contributed by atoms with Gasteiger partial charge in [-0.15, -0.1) is 0 Å². The van der Waals surface area contributed by atoms with Crippen LogP contribution in [0.4, 0.5) is 5.69 Å². The highest BCUT2D eigenvalue weighted by Gasteiger charge is 2.35. The molecule has 15 heavy (non-hydrogen) atoms. The highest BCUT2D eigenvalue weighted by Crippen LogP contribution is 2.30. The molecule has 3 nitrogen and oxygen atoms in total. The highest BCUT2D eigenvalue weighted by molar-refractivity contribution is 6.21. The Morgan fingerprint density at radius 1 is 1.27 bits per heavy atom.